The second-order valence-electron chi connectivity index (χ2n) is 8.80. The van der Waals surface area contributed by atoms with Gasteiger partial charge in [0.15, 0.2) is 0 Å². The van der Waals surface area contributed by atoms with Crippen molar-refractivity contribution in [1.29, 1.82) is 0 Å². The Morgan fingerprint density at radius 2 is 2.23 bits per heavy atom. The Morgan fingerprint density at radius 1 is 1.34 bits per heavy atom. The number of aliphatic hydroxyl groups is 1. The summed E-state index contributed by atoms with van der Waals surface area (Å²) in [6.45, 7) is 1.55. The van der Waals surface area contributed by atoms with E-state index >= 15 is 4.39 Å². The monoisotopic (exact) mass is 497 g/mol. The minimum atomic E-state index is -1.07. The Kier molecular flexibility index (Phi) is 7.14. The number of benzene rings is 1. The molecule has 0 saturated carbocycles. The number of carbonyl (C=O) groups excluding carboxylic acids is 1. The van der Waals surface area contributed by atoms with E-state index in [0.29, 0.717) is 48.1 Å². The topological polar surface area (TPSA) is 99.6 Å². The molecule has 3 aromatic rings. The number of rotatable bonds is 7. The van der Waals surface area contributed by atoms with Gasteiger partial charge < -0.3 is 20.5 Å². The number of aliphatic hydroxyl groups excluding tert-OH is 1. The van der Waals surface area contributed by atoms with Crippen LogP contribution in [0.2, 0.25) is 0 Å². The van der Waals surface area contributed by atoms with Crippen LogP contribution in [0, 0.1) is 0 Å². The fourth-order valence-corrected chi connectivity index (χ4v) is 5.47. The van der Waals surface area contributed by atoms with E-state index in [1.807, 2.05) is 41.3 Å². The molecule has 1 aromatic carbocycles. The van der Waals surface area contributed by atoms with Crippen molar-refractivity contribution < 1.29 is 19.0 Å². The zero-order valence-corrected chi connectivity index (χ0v) is 20.2. The molecule has 0 radical (unpaired) electrons. The van der Waals surface area contributed by atoms with Gasteiger partial charge in [0.05, 0.1) is 41.3 Å². The molecule has 2 aromatic heterocycles. The zero-order chi connectivity index (χ0) is 24.4. The molecule has 0 aliphatic carbocycles. The SMILES string of the molecule is COc1cnc2cccc([C@@H](O)CN(Cc3ccc4c(n3)NC(=O)CS4)[C@@H]3CCNC[C@@H]3F)c2c1. The highest BCUT2D eigenvalue weighted by molar-refractivity contribution is 8.00. The Labute approximate surface area is 207 Å². The summed E-state index contributed by atoms with van der Waals surface area (Å²) in [6, 6.07) is 11.0. The summed E-state index contributed by atoms with van der Waals surface area (Å²) in [4.78, 5) is 23.8. The maximum atomic E-state index is 15.0. The molecule has 1 amide bonds. The summed E-state index contributed by atoms with van der Waals surface area (Å²) in [5.74, 6) is 1.44. The molecular formula is C25H28FN5O3S. The molecule has 184 valence electrons. The van der Waals surface area contributed by atoms with Gasteiger partial charge in [-0.15, -0.1) is 11.8 Å². The van der Waals surface area contributed by atoms with Gasteiger partial charge in [0.1, 0.15) is 17.7 Å². The number of pyridine rings is 2. The van der Waals surface area contributed by atoms with Gasteiger partial charge in [0.2, 0.25) is 5.91 Å². The number of amides is 1. The van der Waals surface area contributed by atoms with Crippen molar-refractivity contribution in [2.75, 3.05) is 37.8 Å². The first-order valence-corrected chi connectivity index (χ1v) is 12.6. The van der Waals surface area contributed by atoms with Crippen molar-refractivity contribution in [3.63, 3.8) is 0 Å². The van der Waals surface area contributed by atoms with Crippen LogP contribution in [-0.4, -0.2) is 70.6 Å². The highest BCUT2D eigenvalue weighted by Crippen LogP contribution is 2.32. The van der Waals surface area contributed by atoms with Crippen LogP contribution >= 0.6 is 11.8 Å². The first kappa shape index (κ1) is 23.9. The van der Waals surface area contributed by atoms with E-state index in [9.17, 15) is 9.90 Å². The Balaban J connectivity index is 1.44. The molecule has 4 heterocycles. The lowest BCUT2D eigenvalue weighted by atomic mass is 9.99. The molecule has 5 rings (SSSR count). The number of carbonyl (C=O) groups is 1. The molecule has 3 atom stereocenters. The van der Waals surface area contributed by atoms with E-state index in [4.69, 9.17) is 4.74 Å². The van der Waals surface area contributed by atoms with Gasteiger partial charge in [0.25, 0.3) is 0 Å². The van der Waals surface area contributed by atoms with Crippen molar-refractivity contribution in [2.24, 2.45) is 0 Å². The van der Waals surface area contributed by atoms with Gasteiger partial charge in [-0.1, -0.05) is 12.1 Å². The normalized spacial score (nSPS) is 21.0. The van der Waals surface area contributed by atoms with Crippen LogP contribution in [0.5, 0.6) is 5.75 Å². The molecular weight excluding hydrogens is 469 g/mol. The van der Waals surface area contributed by atoms with Crippen LogP contribution in [0.1, 0.15) is 23.8 Å². The third-order valence-corrected chi connectivity index (χ3v) is 7.52. The second-order valence-corrected chi connectivity index (χ2v) is 9.81. The van der Waals surface area contributed by atoms with E-state index in [1.54, 1.807) is 13.3 Å². The standard InChI is InChI=1S/C25H28FN5O3S/c1-34-16-9-18-17(3-2-4-20(18)28-10-16)22(32)13-31(21-7-8-27-11-19(21)26)12-15-5-6-23-25(29-15)30-24(33)14-35-23/h2-6,9-10,19,21-22,27,32H,7-8,11-14H2,1H3,(H,29,30,33)/t19-,21+,22-/m0/s1. The first-order valence-electron chi connectivity index (χ1n) is 11.6. The van der Waals surface area contributed by atoms with Crippen LogP contribution in [0.3, 0.4) is 0 Å². The van der Waals surface area contributed by atoms with Crippen molar-refractivity contribution in [2.45, 2.75) is 36.2 Å². The lowest BCUT2D eigenvalue weighted by Crippen LogP contribution is -2.51. The molecule has 0 spiro atoms. The molecule has 3 N–H and O–H groups in total. The number of nitrogens with one attached hydrogen (secondary N) is 2. The second kappa shape index (κ2) is 10.4. The van der Waals surface area contributed by atoms with Crippen LogP contribution in [0.4, 0.5) is 10.2 Å². The van der Waals surface area contributed by atoms with Crippen LogP contribution in [0.15, 0.2) is 47.5 Å². The summed E-state index contributed by atoms with van der Waals surface area (Å²) < 4.78 is 20.4. The molecule has 8 nitrogen and oxygen atoms in total. The van der Waals surface area contributed by atoms with Crippen LogP contribution < -0.4 is 15.4 Å². The predicted molar refractivity (Wildman–Crippen MR) is 133 cm³/mol. The Bertz CT molecular complexity index is 1230. The van der Waals surface area contributed by atoms with E-state index in [1.165, 1.54) is 11.8 Å². The lowest BCUT2D eigenvalue weighted by Gasteiger charge is -2.38. The average Bonchev–Trinajstić information content (AvgIpc) is 2.87. The van der Waals surface area contributed by atoms with Gasteiger partial charge in [-0.25, -0.2) is 9.37 Å². The number of halogens is 1. The Hall–Kier alpha value is -2.79. The van der Waals surface area contributed by atoms with Gasteiger partial charge in [-0.05, 0) is 42.8 Å². The Morgan fingerprint density at radius 3 is 3.06 bits per heavy atom. The predicted octanol–water partition coefficient (Wildman–Crippen LogP) is 2.92. The largest absolute Gasteiger partial charge is 0.495 e. The molecule has 35 heavy (non-hydrogen) atoms. The summed E-state index contributed by atoms with van der Waals surface area (Å²) in [7, 11) is 1.58. The number of thioether (sulfide) groups is 1. The smallest absolute Gasteiger partial charge is 0.235 e. The molecule has 1 fully saturated rings. The van der Waals surface area contributed by atoms with E-state index in [-0.39, 0.29) is 25.0 Å². The maximum absolute atomic E-state index is 15.0. The summed E-state index contributed by atoms with van der Waals surface area (Å²) in [6.07, 6.45) is 0.323. The fraction of sp³-hybridized carbons (Fsp3) is 0.400. The number of hydrogen-bond acceptors (Lipinski definition) is 8. The van der Waals surface area contributed by atoms with Crippen molar-refractivity contribution in [1.82, 2.24) is 20.2 Å². The number of piperidine rings is 1. The highest BCUT2D eigenvalue weighted by Gasteiger charge is 2.32. The molecule has 0 bridgehead atoms. The van der Waals surface area contributed by atoms with E-state index in [2.05, 4.69) is 20.6 Å². The van der Waals surface area contributed by atoms with E-state index in [0.717, 1.165) is 15.8 Å². The van der Waals surface area contributed by atoms with Crippen molar-refractivity contribution >= 4 is 34.4 Å². The number of aromatic nitrogens is 2. The molecule has 1 saturated heterocycles. The minimum Gasteiger partial charge on any atom is -0.495 e. The maximum Gasteiger partial charge on any atom is 0.235 e. The minimum absolute atomic E-state index is 0.0819. The number of anilines is 1. The third kappa shape index (κ3) is 5.25. The highest BCUT2D eigenvalue weighted by atomic mass is 32.2. The number of alkyl halides is 1. The number of nitrogens with zero attached hydrogens (tertiary/aromatic N) is 3. The average molecular weight is 498 g/mol. The lowest BCUT2D eigenvalue weighted by molar-refractivity contribution is -0.113. The van der Waals surface area contributed by atoms with Gasteiger partial charge >= 0.3 is 0 Å². The van der Waals surface area contributed by atoms with Gasteiger partial charge in [0, 0.05) is 31.1 Å². The summed E-state index contributed by atoms with van der Waals surface area (Å²) >= 11 is 1.45. The number of hydrogen-bond donors (Lipinski definition) is 3. The fourth-order valence-electron chi connectivity index (χ4n) is 4.71. The molecule has 2 aliphatic rings. The first-order chi connectivity index (χ1) is 17.0. The molecule has 2 aliphatic heterocycles. The molecule has 10 heteroatoms. The van der Waals surface area contributed by atoms with Gasteiger partial charge in [-0.3, -0.25) is 14.7 Å². The zero-order valence-electron chi connectivity index (χ0n) is 19.4. The quantitative estimate of drug-likeness (QED) is 0.458. The number of methoxy groups -OCH3 is 1. The van der Waals surface area contributed by atoms with Gasteiger partial charge in [-0.2, -0.15) is 0 Å². The summed E-state index contributed by atoms with van der Waals surface area (Å²) in [5.41, 5.74) is 2.18. The molecule has 0 unspecified atom stereocenters. The van der Waals surface area contributed by atoms with Crippen molar-refractivity contribution in [3.8, 4) is 5.75 Å². The summed E-state index contributed by atoms with van der Waals surface area (Å²) in [5, 5.41) is 18.1. The van der Waals surface area contributed by atoms with Crippen LogP contribution in [0.25, 0.3) is 10.9 Å². The number of fused-ring (bicyclic) bond motifs is 2. The third-order valence-electron chi connectivity index (χ3n) is 6.48. The van der Waals surface area contributed by atoms with E-state index < -0.39 is 12.3 Å². The number of ether oxygens (including phenoxy) is 1. The van der Waals surface area contributed by atoms with Crippen molar-refractivity contribution in [3.05, 3.63) is 53.9 Å². The van der Waals surface area contributed by atoms with Crippen LogP contribution in [-0.2, 0) is 11.3 Å².